The maximum Gasteiger partial charge on any atom is 0.416 e. The zero-order chi connectivity index (χ0) is 20.0. The van der Waals surface area contributed by atoms with Crippen molar-refractivity contribution < 1.29 is 32.2 Å². The van der Waals surface area contributed by atoms with Crippen LogP contribution in [-0.4, -0.2) is 37.1 Å². The lowest BCUT2D eigenvalue weighted by molar-refractivity contribution is -0.142. The number of nitrogens with one attached hydrogen (secondary N) is 1. The molecule has 0 unspecified atom stereocenters. The van der Waals surface area contributed by atoms with E-state index in [4.69, 9.17) is 4.74 Å². The minimum absolute atomic E-state index is 0.00948. The number of rotatable bonds is 6. The molecule has 1 amide bonds. The highest BCUT2D eigenvalue weighted by Gasteiger charge is 2.30. The molecule has 0 radical (unpaired) electrons. The number of esters is 1. The number of benzene rings is 1. The first-order chi connectivity index (χ1) is 12.7. The zero-order valence-electron chi connectivity index (χ0n) is 14.5. The molecule has 1 heterocycles. The van der Waals surface area contributed by atoms with Crippen molar-refractivity contribution in [1.82, 2.24) is 10.3 Å². The molecular formula is C18H17F3N2O4. The standard InChI is InChI=1S/C18H17F3N2O4/c1-26-15-8-3-11(10-22-15)9-14(17(25)27-2)23-16(24)12-4-6-13(7-5-12)18(19,20)21/h3-8,10,14H,9H2,1-2H3,(H,23,24)/t14-/m1/s1. The number of hydrogen-bond donors (Lipinski definition) is 1. The van der Waals surface area contributed by atoms with E-state index in [-0.39, 0.29) is 12.0 Å². The molecule has 9 heteroatoms. The summed E-state index contributed by atoms with van der Waals surface area (Å²) < 4.78 is 47.4. The Morgan fingerprint density at radius 3 is 2.26 bits per heavy atom. The fourth-order valence-electron chi connectivity index (χ4n) is 2.28. The van der Waals surface area contributed by atoms with Crippen LogP contribution in [0.1, 0.15) is 21.5 Å². The molecule has 27 heavy (non-hydrogen) atoms. The molecule has 0 saturated heterocycles. The van der Waals surface area contributed by atoms with Crippen LogP contribution in [0.5, 0.6) is 5.88 Å². The molecule has 0 bridgehead atoms. The van der Waals surface area contributed by atoms with Crippen molar-refractivity contribution in [2.75, 3.05) is 14.2 Å². The number of alkyl halides is 3. The molecule has 2 aromatic rings. The fourth-order valence-corrected chi connectivity index (χ4v) is 2.28. The summed E-state index contributed by atoms with van der Waals surface area (Å²) >= 11 is 0. The van der Waals surface area contributed by atoms with E-state index in [2.05, 4.69) is 15.0 Å². The summed E-state index contributed by atoms with van der Waals surface area (Å²) in [6.45, 7) is 0. The third-order valence-corrected chi connectivity index (χ3v) is 3.71. The van der Waals surface area contributed by atoms with Gasteiger partial charge in [0.2, 0.25) is 5.88 Å². The number of hydrogen-bond acceptors (Lipinski definition) is 5. The van der Waals surface area contributed by atoms with Gasteiger partial charge in [0.25, 0.3) is 5.91 Å². The Bertz CT molecular complexity index is 790. The predicted octanol–water partition coefficient (Wildman–Crippen LogP) is 2.62. The summed E-state index contributed by atoms with van der Waals surface area (Å²) in [5, 5.41) is 2.47. The van der Waals surface area contributed by atoms with Crippen molar-refractivity contribution in [3.63, 3.8) is 0 Å². The molecule has 0 aliphatic carbocycles. The highest BCUT2D eigenvalue weighted by molar-refractivity contribution is 5.96. The summed E-state index contributed by atoms with van der Waals surface area (Å²) in [6.07, 6.45) is -2.92. The maximum atomic E-state index is 12.6. The van der Waals surface area contributed by atoms with E-state index in [1.165, 1.54) is 20.4 Å². The van der Waals surface area contributed by atoms with Gasteiger partial charge in [-0.3, -0.25) is 4.79 Å². The van der Waals surface area contributed by atoms with Gasteiger partial charge in [-0.1, -0.05) is 6.07 Å². The van der Waals surface area contributed by atoms with Crippen molar-refractivity contribution >= 4 is 11.9 Å². The number of carbonyl (C=O) groups excluding carboxylic acids is 2. The van der Waals surface area contributed by atoms with E-state index in [0.29, 0.717) is 11.4 Å². The molecule has 1 aromatic heterocycles. The Kier molecular flexibility index (Phi) is 6.38. The van der Waals surface area contributed by atoms with Crippen LogP contribution in [0.25, 0.3) is 0 Å². The van der Waals surface area contributed by atoms with Crippen LogP contribution in [0.4, 0.5) is 13.2 Å². The van der Waals surface area contributed by atoms with Gasteiger partial charge in [-0.25, -0.2) is 9.78 Å². The molecule has 6 nitrogen and oxygen atoms in total. The Labute approximate surface area is 153 Å². The lowest BCUT2D eigenvalue weighted by Crippen LogP contribution is -2.43. The second kappa shape index (κ2) is 8.52. The van der Waals surface area contributed by atoms with Gasteiger partial charge in [0, 0.05) is 24.2 Å². The fraction of sp³-hybridized carbons (Fsp3) is 0.278. The largest absolute Gasteiger partial charge is 0.481 e. The molecule has 0 fully saturated rings. The van der Waals surface area contributed by atoms with Crippen molar-refractivity contribution in [2.45, 2.75) is 18.6 Å². The molecule has 1 atom stereocenters. The normalized spacial score (nSPS) is 12.2. The van der Waals surface area contributed by atoms with E-state index in [0.717, 1.165) is 24.3 Å². The molecule has 1 aromatic carbocycles. The van der Waals surface area contributed by atoms with Gasteiger partial charge in [-0.15, -0.1) is 0 Å². The Balaban J connectivity index is 2.12. The van der Waals surface area contributed by atoms with Crippen molar-refractivity contribution in [2.24, 2.45) is 0 Å². The zero-order valence-corrected chi connectivity index (χ0v) is 14.5. The number of nitrogens with zero attached hydrogens (tertiary/aromatic N) is 1. The minimum atomic E-state index is -4.50. The average molecular weight is 382 g/mol. The molecule has 0 aliphatic heterocycles. The second-order valence-corrected chi connectivity index (χ2v) is 5.54. The van der Waals surface area contributed by atoms with E-state index >= 15 is 0 Å². The summed E-state index contributed by atoms with van der Waals surface area (Å²) in [4.78, 5) is 28.3. The van der Waals surface area contributed by atoms with Crippen LogP contribution < -0.4 is 10.1 Å². The number of amides is 1. The SMILES string of the molecule is COC(=O)[C@@H](Cc1ccc(OC)nc1)NC(=O)c1ccc(C(F)(F)F)cc1. The van der Waals surface area contributed by atoms with Crippen LogP contribution >= 0.6 is 0 Å². The van der Waals surface area contributed by atoms with Crippen LogP contribution in [0.15, 0.2) is 42.6 Å². The van der Waals surface area contributed by atoms with Crippen molar-refractivity contribution in [3.05, 3.63) is 59.3 Å². The van der Waals surface area contributed by atoms with Crippen molar-refractivity contribution in [3.8, 4) is 5.88 Å². The van der Waals surface area contributed by atoms with Gasteiger partial charge in [0.1, 0.15) is 6.04 Å². The third kappa shape index (κ3) is 5.44. The molecule has 0 saturated carbocycles. The molecule has 1 N–H and O–H groups in total. The van der Waals surface area contributed by atoms with Crippen LogP contribution in [0.2, 0.25) is 0 Å². The van der Waals surface area contributed by atoms with Crippen molar-refractivity contribution in [1.29, 1.82) is 0 Å². The molecular weight excluding hydrogens is 365 g/mol. The highest BCUT2D eigenvalue weighted by Crippen LogP contribution is 2.29. The summed E-state index contributed by atoms with van der Waals surface area (Å²) in [5.41, 5.74) is -0.239. The number of pyridine rings is 1. The third-order valence-electron chi connectivity index (χ3n) is 3.71. The number of aromatic nitrogens is 1. The highest BCUT2D eigenvalue weighted by atomic mass is 19.4. The summed E-state index contributed by atoms with van der Waals surface area (Å²) in [5.74, 6) is -0.992. The van der Waals surface area contributed by atoms with E-state index in [1.807, 2.05) is 0 Å². The van der Waals surface area contributed by atoms with Gasteiger partial charge in [-0.05, 0) is 29.8 Å². The van der Waals surface area contributed by atoms with Gasteiger partial charge >= 0.3 is 12.1 Å². The quantitative estimate of drug-likeness (QED) is 0.778. The van der Waals surface area contributed by atoms with Crippen LogP contribution in [-0.2, 0) is 22.1 Å². The average Bonchev–Trinajstić information content (AvgIpc) is 2.66. The molecule has 144 valence electrons. The summed E-state index contributed by atoms with van der Waals surface area (Å²) in [7, 11) is 2.63. The first-order valence-electron chi connectivity index (χ1n) is 7.79. The Morgan fingerprint density at radius 2 is 1.78 bits per heavy atom. The molecule has 2 rings (SSSR count). The van der Waals surface area contributed by atoms with Gasteiger partial charge < -0.3 is 14.8 Å². The number of carbonyl (C=O) groups is 2. The van der Waals surface area contributed by atoms with Gasteiger partial charge in [-0.2, -0.15) is 13.2 Å². The lowest BCUT2D eigenvalue weighted by Gasteiger charge is -2.17. The first-order valence-corrected chi connectivity index (χ1v) is 7.79. The monoisotopic (exact) mass is 382 g/mol. The number of methoxy groups -OCH3 is 2. The van der Waals surface area contributed by atoms with E-state index in [1.54, 1.807) is 12.1 Å². The minimum Gasteiger partial charge on any atom is -0.481 e. The van der Waals surface area contributed by atoms with E-state index < -0.39 is 29.7 Å². The summed E-state index contributed by atoms with van der Waals surface area (Å²) in [6, 6.07) is 5.93. The maximum absolute atomic E-state index is 12.6. The Hall–Kier alpha value is -3.10. The second-order valence-electron chi connectivity index (χ2n) is 5.54. The molecule has 0 spiro atoms. The van der Waals surface area contributed by atoms with Crippen LogP contribution in [0, 0.1) is 0 Å². The van der Waals surface area contributed by atoms with E-state index in [9.17, 15) is 22.8 Å². The van der Waals surface area contributed by atoms with Gasteiger partial charge in [0.05, 0.1) is 19.8 Å². The first kappa shape index (κ1) is 20.2. The Morgan fingerprint density at radius 1 is 1.11 bits per heavy atom. The molecule has 0 aliphatic rings. The topological polar surface area (TPSA) is 77.5 Å². The lowest BCUT2D eigenvalue weighted by atomic mass is 10.1. The smallest absolute Gasteiger partial charge is 0.416 e. The van der Waals surface area contributed by atoms with Gasteiger partial charge in [0.15, 0.2) is 0 Å². The number of halogens is 3. The van der Waals surface area contributed by atoms with Crippen LogP contribution in [0.3, 0.4) is 0 Å². The number of ether oxygens (including phenoxy) is 2. The predicted molar refractivity (Wildman–Crippen MR) is 89.2 cm³/mol.